The number of thioether (sulfide) groups is 1. The molecule has 2 aromatic heterocycles. The Morgan fingerprint density at radius 3 is 2.70 bits per heavy atom. The first-order chi connectivity index (χ1) is 11.1. The lowest BCUT2D eigenvalue weighted by molar-refractivity contribution is -0.114. The number of amides is 1. The predicted molar refractivity (Wildman–Crippen MR) is 92.6 cm³/mol. The summed E-state index contributed by atoms with van der Waals surface area (Å²) in [6.07, 6.45) is 0. The van der Waals surface area contributed by atoms with E-state index in [9.17, 15) is 4.79 Å². The lowest BCUT2D eigenvalue weighted by Gasteiger charge is -2.08. The first kappa shape index (κ1) is 15.8. The molecule has 5 nitrogen and oxygen atoms in total. The second kappa shape index (κ2) is 6.97. The summed E-state index contributed by atoms with van der Waals surface area (Å²) in [4.78, 5) is 13.1. The van der Waals surface area contributed by atoms with Gasteiger partial charge in [-0.25, -0.2) is 0 Å². The molecule has 0 spiro atoms. The molecule has 1 unspecified atom stereocenters. The minimum absolute atomic E-state index is 0.0443. The van der Waals surface area contributed by atoms with Crippen LogP contribution in [0.5, 0.6) is 0 Å². The maximum absolute atomic E-state index is 11.0. The van der Waals surface area contributed by atoms with Crippen LogP contribution in [-0.2, 0) is 4.79 Å². The van der Waals surface area contributed by atoms with E-state index in [2.05, 4.69) is 15.5 Å². The maximum atomic E-state index is 11.0. The fourth-order valence-corrected chi connectivity index (χ4v) is 3.52. The van der Waals surface area contributed by atoms with E-state index in [4.69, 9.17) is 4.42 Å². The van der Waals surface area contributed by atoms with Gasteiger partial charge < -0.3 is 9.73 Å². The van der Waals surface area contributed by atoms with Crippen molar-refractivity contribution >= 4 is 34.7 Å². The van der Waals surface area contributed by atoms with Gasteiger partial charge in [-0.15, -0.1) is 33.3 Å². The number of nitrogens with one attached hydrogen (secondary N) is 1. The number of rotatable bonds is 5. The van der Waals surface area contributed by atoms with Crippen molar-refractivity contribution in [3.05, 3.63) is 47.7 Å². The van der Waals surface area contributed by atoms with Crippen LogP contribution in [0.3, 0.4) is 0 Å². The topological polar surface area (TPSA) is 68.0 Å². The van der Waals surface area contributed by atoms with Gasteiger partial charge >= 0.3 is 0 Å². The van der Waals surface area contributed by atoms with Crippen molar-refractivity contribution in [2.45, 2.75) is 24.0 Å². The van der Waals surface area contributed by atoms with Crippen LogP contribution in [0.2, 0.25) is 0 Å². The van der Waals surface area contributed by atoms with Crippen LogP contribution in [0, 0.1) is 0 Å². The summed E-state index contributed by atoms with van der Waals surface area (Å²) in [5.41, 5.74) is 0.785. The van der Waals surface area contributed by atoms with Gasteiger partial charge in [0.2, 0.25) is 11.8 Å². The van der Waals surface area contributed by atoms with E-state index in [0.29, 0.717) is 11.8 Å². The second-order valence-electron chi connectivity index (χ2n) is 4.89. The van der Waals surface area contributed by atoms with Gasteiger partial charge in [0.05, 0.1) is 10.1 Å². The van der Waals surface area contributed by atoms with Gasteiger partial charge in [0.15, 0.2) is 0 Å². The highest BCUT2D eigenvalue weighted by molar-refractivity contribution is 7.99. The van der Waals surface area contributed by atoms with Gasteiger partial charge in [-0.3, -0.25) is 4.79 Å². The third-order valence-electron chi connectivity index (χ3n) is 3.01. The molecule has 2 heterocycles. The van der Waals surface area contributed by atoms with Crippen LogP contribution < -0.4 is 5.32 Å². The molecule has 0 bridgehead atoms. The SMILES string of the molecule is CC(=O)Nc1ccc(SC(C)c2nnc(-c3cccs3)o2)cc1. The largest absolute Gasteiger partial charge is 0.419 e. The molecular formula is C16H15N3O2S2. The molecule has 0 saturated carbocycles. The molecule has 0 saturated heterocycles. The van der Waals surface area contributed by atoms with Crippen LogP contribution in [0.1, 0.15) is 25.0 Å². The number of nitrogens with zero attached hydrogens (tertiary/aromatic N) is 2. The van der Waals surface area contributed by atoms with E-state index in [-0.39, 0.29) is 11.2 Å². The molecule has 1 N–H and O–H groups in total. The number of benzene rings is 1. The number of thiophene rings is 1. The quantitative estimate of drug-likeness (QED) is 0.684. The summed E-state index contributed by atoms with van der Waals surface area (Å²) in [7, 11) is 0. The van der Waals surface area contributed by atoms with E-state index in [0.717, 1.165) is 15.5 Å². The average molecular weight is 345 g/mol. The fourth-order valence-electron chi connectivity index (χ4n) is 1.97. The van der Waals surface area contributed by atoms with Crippen LogP contribution in [0.25, 0.3) is 10.8 Å². The summed E-state index contributed by atoms with van der Waals surface area (Å²) < 4.78 is 5.75. The third kappa shape index (κ3) is 4.00. The standard InChI is InChI=1S/C16H15N3O2S2/c1-10(15-18-19-16(21-15)14-4-3-9-22-14)23-13-7-5-12(6-8-13)17-11(2)20/h3-10H,1-2H3,(H,17,20). The van der Waals surface area contributed by atoms with E-state index < -0.39 is 0 Å². The molecule has 23 heavy (non-hydrogen) atoms. The molecule has 0 aliphatic carbocycles. The Morgan fingerprint density at radius 1 is 1.26 bits per heavy atom. The van der Waals surface area contributed by atoms with E-state index >= 15 is 0 Å². The minimum Gasteiger partial charge on any atom is -0.419 e. The zero-order valence-electron chi connectivity index (χ0n) is 12.6. The first-order valence-electron chi connectivity index (χ1n) is 7.03. The smallest absolute Gasteiger partial charge is 0.257 e. The molecule has 0 radical (unpaired) electrons. The second-order valence-corrected chi connectivity index (χ2v) is 7.25. The van der Waals surface area contributed by atoms with Crippen LogP contribution in [0.15, 0.2) is 51.1 Å². The van der Waals surface area contributed by atoms with Gasteiger partial charge in [0, 0.05) is 17.5 Å². The molecule has 118 valence electrons. The molecule has 3 rings (SSSR count). The Morgan fingerprint density at radius 2 is 2.04 bits per heavy atom. The van der Waals surface area contributed by atoms with Crippen molar-refractivity contribution in [3.63, 3.8) is 0 Å². The Bertz CT molecular complexity index is 782. The molecule has 1 atom stereocenters. The summed E-state index contributed by atoms with van der Waals surface area (Å²) in [6.45, 7) is 3.52. The number of hydrogen-bond acceptors (Lipinski definition) is 6. The highest BCUT2D eigenvalue weighted by atomic mass is 32.2. The number of hydrogen-bond donors (Lipinski definition) is 1. The molecule has 0 aliphatic heterocycles. The van der Waals surface area contributed by atoms with E-state index in [1.807, 2.05) is 48.7 Å². The van der Waals surface area contributed by atoms with Crippen molar-refractivity contribution in [1.82, 2.24) is 10.2 Å². The first-order valence-corrected chi connectivity index (χ1v) is 8.79. The Balaban J connectivity index is 1.67. The molecule has 1 amide bonds. The number of carbonyl (C=O) groups excluding carboxylic acids is 1. The maximum Gasteiger partial charge on any atom is 0.257 e. The Kier molecular flexibility index (Phi) is 4.78. The van der Waals surface area contributed by atoms with E-state index in [1.54, 1.807) is 23.1 Å². The zero-order valence-corrected chi connectivity index (χ0v) is 14.3. The molecule has 7 heteroatoms. The van der Waals surface area contributed by atoms with Gasteiger partial charge in [-0.2, -0.15) is 0 Å². The summed E-state index contributed by atoms with van der Waals surface area (Å²) in [5.74, 6) is 1.08. The van der Waals surface area contributed by atoms with Crippen molar-refractivity contribution in [3.8, 4) is 10.8 Å². The fraction of sp³-hybridized carbons (Fsp3) is 0.188. The lowest BCUT2D eigenvalue weighted by atomic mass is 10.3. The molecule has 0 fully saturated rings. The van der Waals surface area contributed by atoms with Gasteiger partial charge in [-0.1, -0.05) is 6.07 Å². The van der Waals surface area contributed by atoms with Crippen molar-refractivity contribution in [1.29, 1.82) is 0 Å². The highest BCUT2D eigenvalue weighted by Crippen LogP contribution is 2.36. The van der Waals surface area contributed by atoms with Crippen molar-refractivity contribution in [2.24, 2.45) is 0 Å². The monoisotopic (exact) mass is 345 g/mol. The number of carbonyl (C=O) groups is 1. The van der Waals surface area contributed by atoms with Crippen molar-refractivity contribution < 1.29 is 9.21 Å². The number of aromatic nitrogens is 2. The minimum atomic E-state index is -0.0780. The lowest BCUT2D eigenvalue weighted by Crippen LogP contribution is -2.05. The van der Waals surface area contributed by atoms with Crippen LogP contribution in [0.4, 0.5) is 5.69 Å². The highest BCUT2D eigenvalue weighted by Gasteiger charge is 2.16. The summed E-state index contributed by atoms with van der Waals surface area (Å²) in [5, 5.41) is 13.0. The van der Waals surface area contributed by atoms with Crippen LogP contribution >= 0.6 is 23.1 Å². The molecule has 0 aliphatic rings. The van der Waals surface area contributed by atoms with Gasteiger partial charge in [-0.05, 0) is 42.6 Å². The normalized spacial score (nSPS) is 12.1. The summed E-state index contributed by atoms with van der Waals surface area (Å²) >= 11 is 3.20. The van der Waals surface area contributed by atoms with Gasteiger partial charge in [0.1, 0.15) is 0 Å². The molecule has 1 aromatic carbocycles. The Hall–Kier alpha value is -2.12. The van der Waals surface area contributed by atoms with E-state index in [1.165, 1.54) is 6.92 Å². The zero-order chi connectivity index (χ0) is 16.2. The van der Waals surface area contributed by atoms with Gasteiger partial charge in [0.25, 0.3) is 5.89 Å². The number of anilines is 1. The predicted octanol–water partition coefficient (Wildman–Crippen LogP) is 4.61. The average Bonchev–Trinajstić information content (AvgIpc) is 3.19. The third-order valence-corrected chi connectivity index (χ3v) is 4.97. The molecular weight excluding hydrogens is 330 g/mol. The van der Waals surface area contributed by atoms with Crippen molar-refractivity contribution in [2.75, 3.05) is 5.32 Å². The Labute approximate surface area is 142 Å². The summed E-state index contributed by atoms with van der Waals surface area (Å²) in [6, 6.07) is 11.6. The van der Waals surface area contributed by atoms with Crippen LogP contribution in [-0.4, -0.2) is 16.1 Å². The molecule has 3 aromatic rings.